The molecule has 1 rings (SSSR count). The van der Waals surface area contributed by atoms with Crippen LogP contribution in [-0.2, 0) is 0 Å². The van der Waals surface area contributed by atoms with E-state index in [0.717, 1.165) is 0 Å². The Kier molecular flexibility index (Phi) is 4.39. The van der Waals surface area contributed by atoms with E-state index in [2.05, 4.69) is 0 Å². The smallest absolute Gasteiger partial charge is 0.153 e. The molecule has 0 amide bonds. The number of halogens is 1. The average molecular weight is 231 g/mol. The number of benzene rings is 1. The van der Waals surface area contributed by atoms with E-state index in [9.17, 15) is 4.79 Å². The Balaban J connectivity index is 3.07. The Morgan fingerprint density at radius 1 is 1.53 bits per heavy atom. The lowest BCUT2D eigenvalue weighted by atomic mass is 10.2. The molecule has 0 spiro atoms. The first-order valence-corrected chi connectivity index (χ1v) is 4.67. The number of hydrogen-bond donors (Lipinski definition) is 1. The SMILES string of the molecule is COc1cc(Cl)c(OCCO)c(C=O)c1. The fourth-order valence-electron chi connectivity index (χ4n) is 1.09. The van der Waals surface area contributed by atoms with E-state index < -0.39 is 0 Å². The van der Waals surface area contributed by atoms with Gasteiger partial charge in [0.05, 0.1) is 24.3 Å². The summed E-state index contributed by atoms with van der Waals surface area (Å²) in [6.45, 7) is -0.0481. The molecule has 0 atom stereocenters. The van der Waals surface area contributed by atoms with Crippen molar-refractivity contribution in [1.82, 2.24) is 0 Å². The molecule has 0 saturated carbocycles. The number of aliphatic hydroxyl groups is 1. The predicted molar refractivity (Wildman–Crippen MR) is 56.0 cm³/mol. The molecule has 0 unspecified atom stereocenters. The summed E-state index contributed by atoms with van der Waals surface area (Å²) in [6.07, 6.45) is 0.626. The maximum absolute atomic E-state index is 10.8. The molecular formula is C10H11ClO4. The van der Waals surface area contributed by atoms with Gasteiger partial charge in [-0.2, -0.15) is 0 Å². The summed E-state index contributed by atoms with van der Waals surface area (Å²) in [6, 6.07) is 3.06. The highest BCUT2D eigenvalue weighted by Gasteiger charge is 2.10. The van der Waals surface area contributed by atoms with Crippen LogP contribution in [0.4, 0.5) is 0 Å². The van der Waals surface area contributed by atoms with Crippen LogP contribution in [0.25, 0.3) is 0 Å². The van der Waals surface area contributed by atoms with Crippen LogP contribution < -0.4 is 9.47 Å². The van der Waals surface area contributed by atoms with Gasteiger partial charge < -0.3 is 14.6 Å². The van der Waals surface area contributed by atoms with Gasteiger partial charge >= 0.3 is 0 Å². The quantitative estimate of drug-likeness (QED) is 0.780. The van der Waals surface area contributed by atoms with E-state index in [-0.39, 0.29) is 24.0 Å². The summed E-state index contributed by atoms with van der Waals surface area (Å²) in [5.41, 5.74) is 0.299. The first-order chi connectivity index (χ1) is 7.22. The van der Waals surface area contributed by atoms with Gasteiger partial charge in [-0.1, -0.05) is 11.6 Å². The van der Waals surface area contributed by atoms with Gasteiger partial charge in [0.15, 0.2) is 6.29 Å². The molecule has 1 aromatic carbocycles. The number of aliphatic hydroxyl groups excluding tert-OH is 1. The molecule has 5 heteroatoms. The first-order valence-electron chi connectivity index (χ1n) is 4.29. The maximum atomic E-state index is 10.8. The largest absolute Gasteiger partial charge is 0.497 e. The molecule has 0 radical (unpaired) electrons. The van der Waals surface area contributed by atoms with Crippen molar-refractivity contribution in [2.45, 2.75) is 0 Å². The Bertz CT molecular complexity index is 352. The second-order valence-corrected chi connectivity index (χ2v) is 3.12. The fourth-order valence-corrected chi connectivity index (χ4v) is 1.37. The van der Waals surface area contributed by atoms with E-state index >= 15 is 0 Å². The summed E-state index contributed by atoms with van der Waals surface area (Å²) >= 11 is 5.88. The summed E-state index contributed by atoms with van der Waals surface area (Å²) < 4.78 is 10.1. The van der Waals surface area contributed by atoms with E-state index in [1.54, 1.807) is 6.07 Å². The average Bonchev–Trinajstić information content (AvgIpc) is 2.26. The van der Waals surface area contributed by atoms with E-state index in [0.29, 0.717) is 17.6 Å². The summed E-state index contributed by atoms with van der Waals surface area (Å²) in [5, 5.41) is 8.88. The van der Waals surface area contributed by atoms with Crippen molar-refractivity contribution in [3.8, 4) is 11.5 Å². The Morgan fingerprint density at radius 3 is 2.80 bits per heavy atom. The second-order valence-electron chi connectivity index (χ2n) is 2.72. The molecular weight excluding hydrogens is 220 g/mol. The standard InChI is InChI=1S/C10H11ClO4/c1-14-8-4-7(6-13)10(9(11)5-8)15-3-2-12/h4-6,12H,2-3H2,1H3. The molecule has 0 aliphatic rings. The third kappa shape index (κ3) is 2.84. The minimum absolute atomic E-state index is 0.0902. The highest BCUT2D eigenvalue weighted by molar-refractivity contribution is 6.32. The van der Waals surface area contributed by atoms with Crippen LogP contribution in [0.3, 0.4) is 0 Å². The second kappa shape index (κ2) is 5.58. The minimum Gasteiger partial charge on any atom is -0.497 e. The van der Waals surface area contributed by atoms with E-state index in [4.69, 9.17) is 26.2 Å². The van der Waals surface area contributed by atoms with Crippen LogP contribution in [0.2, 0.25) is 5.02 Å². The molecule has 1 aromatic rings. The number of hydrogen-bond acceptors (Lipinski definition) is 4. The summed E-state index contributed by atoms with van der Waals surface area (Å²) in [7, 11) is 1.48. The lowest BCUT2D eigenvalue weighted by Crippen LogP contribution is -2.04. The third-order valence-corrected chi connectivity index (χ3v) is 2.03. The van der Waals surface area contributed by atoms with Gasteiger partial charge in [-0.25, -0.2) is 0 Å². The maximum Gasteiger partial charge on any atom is 0.153 e. The Morgan fingerprint density at radius 2 is 2.27 bits per heavy atom. The number of ether oxygens (including phenoxy) is 2. The Hall–Kier alpha value is -1.26. The number of aldehydes is 1. The van der Waals surface area contributed by atoms with Gasteiger partial charge in [-0.3, -0.25) is 4.79 Å². The zero-order valence-electron chi connectivity index (χ0n) is 8.20. The van der Waals surface area contributed by atoms with Crippen LogP contribution >= 0.6 is 11.6 Å². The molecule has 0 saturated heterocycles. The van der Waals surface area contributed by atoms with E-state index in [1.807, 2.05) is 0 Å². The number of methoxy groups -OCH3 is 1. The molecule has 0 fully saturated rings. The lowest BCUT2D eigenvalue weighted by molar-refractivity contribution is 0.111. The fraction of sp³-hybridized carbons (Fsp3) is 0.300. The van der Waals surface area contributed by atoms with Crippen LogP contribution in [0.5, 0.6) is 11.5 Å². The monoisotopic (exact) mass is 230 g/mol. The van der Waals surface area contributed by atoms with Gasteiger partial charge in [0.25, 0.3) is 0 Å². The number of rotatable bonds is 5. The van der Waals surface area contributed by atoms with Crippen molar-refractivity contribution in [1.29, 1.82) is 0 Å². The van der Waals surface area contributed by atoms with Gasteiger partial charge in [0.2, 0.25) is 0 Å². The van der Waals surface area contributed by atoms with Crippen LogP contribution in [-0.4, -0.2) is 31.7 Å². The summed E-state index contributed by atoms with van der Waals surface area (Å²) in [4.78, 5) is 10.8. The molecule has 1 N–H and O–H groups in total. The van der Waals surface area contributed by atoms with Crippen molar-refractivity contribution in [2.24, 2.45) is 0 Å². The molecule has 0 heterocycles. The predicted octanol–water partition coefficient (Wildman–Crippen LogP) is 1.53. The number of carbonyl (C=O) groups is 1. The zero-order chi connectivity index (χ0) is 11.3. The molecule has 0 aliphatic heterocycles. The zero-order valence-corrected chi connectivity index (χ0v) is 8.95. The number of carbonyl (C=O) groups excluding carboxylic acids is 1. The third-order valence-electron chi connectivity index (χ3n) is 1.75. The summed E-state index contributed by atoms with van der Waals surface area (Å²) in [5.74, 6) is 0.750. The van der Waals surface area contributed by atoms with Crippen LogP contribution in [0.1, 0.15) is 10.4 Å². The first kappa shape index (κ1) is 11.8. The minimum atomic E-state index is -0.138. The van der Waals surface area contributed by atoms with Crippen LogP contribution in [0.15, 0.2) is 12.1 Å². The van der Waals surface area contributed by atoms with Crippen molar-refractivity contribution in [3.05, 3.63) is 22.7 Å². The Labute approximate surface area is 92.4 Å². The van der Waals surface area contributed by atoms with Crippen molar-refractivity contribution < 1.29 is 19.4 Å². The molecule has 15 heavy (non-hydrogen) atoms. The molecule has 0 aromatic heterocycles. The topological polar surface area (TPSA) is 55.8 Å². The molecule has 0 bridgehead atoms. The highest BCUT2D eigenvalue weighted by Crippen LogP contribution is 2.32. The molecule has 4 nitrogen and oxygen atoms in total. The highest BCUT2D eigenvalue weighted by atomic mass is 35.5. The van der Waals surface area contributed by atoms with Crippen molar-refractivity contribution in [3.63, 3.8) is 0 Å². The molecule has 0 aliphatic carbocycles. The molecule has 82 valence electrons. The van der Waals surface area contributed by atoms with Crippen molar-refractivity contribution in [2.75, 3.05) is 20.3 Å². The van der Waals surface area contributed by atoms with Crippen molar-refractivity contribution >= 4 is 17.9 Å². The lowest BCUT2D eigenvalue weighted by Gasteiger charge is -2.10. The van der Waals surface area contributed by atoms with Gasteiger partial charge in [-0.15, -0.1) is 0 Å². The normalized spacial score (nSPS) is 9.80. The van der Waals surface area contributed by atoms with Crippen LogP contribution in [0, 0.1) is 0 Å². The van der Waals surface area contributed by atoms with Gasteiger partial charge in [0, 0.05) is 6.07 Å². The van der Waals surface area contributed by atoms with E-state index in [1.165, 1.54) is 13.2 Å². The van der Waals surface area contributed by atoms with Gasteiger partial charge in [-0.05, 0) is 6.07 Å². The van der Waals surface area contributed by atoms with Gasteiger partial charge in [0.1, 0.15) is 18.1 Å².